The van der Waals surface area contributed by atoms with Gasteiger partial charge in [-0.2, -0.15) is 4.98 Å². The van der Waals surface area contributed by atoms with E-state index < -0.39 is 0 Å². The maximum Gasteiger partial charge on any atom is 0.253 e. The molecule has 0 aliphatic carbocycles. The smallest absolute Gasteiger partial charge is 0.253 e. The molecule has 11 heteroatoms. The normalized spacial score (nSPS) is 14.1. The van der Waals surface area contributed by atoms with Crippen LogP contribution in [0.2, 0.25) is 10.0 Å². The van der Waals surface area contributed by atoms with Crippen molar-refractivity contribution >= 4 is 52.6 Å². The number of likely N-dealkylation sites (tertiary alicyclic amines) is 1. The van der Waals surface area contributed by atoms with E-state index in [9.17, 15) is 4.79 Å². The van der Waals surface area contributed by atoms with Crippen LogP contribution in [0.3, 0.4) is 0 Å². The Labute approximate surface area is 195 Å². The molecule has 4 rings (SSSR count). The highest BCUT2D eigenvalue weighted by Crippen LogP contribution is 2.32. The summed E-state index contributed by atoms with van der Waals surface area (Å²) in [6.45, 7) is 1.66. The molecule has 2 heterocycles. The molecule has 0 bridgehead atoms. The van der Waals surface area contributed by atoms with Crippen molar-refractivity contribution in [3.63, 3.8) is 0 Å². The van der Waals surface area contributed by atoms with E-state index in [0.717, 1.165) is 19.3 Å². The van der Waals surface area contributed by atoms with Crippen molar-refractivity contribution in [1.82, 2.24) is 25.0 Å². The summed E-state index contributed by atoms with van der Waals surface area (Å²) in [6, 6.07) is 8.62. The summed E-state index contributed by atoms with van der Waals surface area (Å²) in [4.78, 5) is 19.1. The van der Waals surface area contributed by atoms with Gasteiger partial charge in [-0.05, 0) is 31.3 Å². The second kappa shape index (κ2) is 8.78. The molecule has 166 valence electrons. The molecule has 9 nitrogen and oxygen atoms in total. The van der Waals surface area contributed by atoms with E-state index in [1.54, 1.807) is 42.1 Å². The Balaban J connectivity index is 1.54. The van der Waals surface area contributed by atoms with E-state index in [2.05, 4.69) is 25.6 Å². The number of aryl methyl sites for hydroxylation is 1. The third kappa shape index (κ3) is 4.27. The van der Waals surface area contributed by atoms with Gasteiger partial charge in [-0.3, -0.25) is 4.79 Å². The summed E-state index contributed by atoms with van der Waals surface area (Å²) in [5, 5.41) is 18.7. The monoisotopic (exact) mass is 472 g/mol. The summed E-state index contributed by atoms with van der Waals surface area (Å²) in [6.07, 6.45) is 1.11. The predicted molar refractivity (Wildman–Crippen MR) is 127 cm³/mol. The summed E-state index contributed by atoms with van der Waals surface area (Å²) in [7, 11) is 3.74. The van der Waals surface area contributed by atoms with E-state index in [0.29, 0.717) is 49.9 Å². The van der Waals surface area contributed by atoms with Crippen LogP contribution in [0, 0.1) is 5.41 Å². The van der Waals surface area contributed by atoms with Gasteiger partial charge in [0, 0.05) is 43.2 Å². The molecule has 0 spiro atoms. The Bertz CT molecular complexity index is 1200. The molecule has 5 N–H and O–H groups in total. The fourth-order valence-electron chi connectivity index (χ4n) is 3.48. The van der Waals surface area contributed by atoms with E-state index in [1.165, 1.54) is 0 Å². The van der Waals surface area contributed by atoms with E-state index in [1.807, 2.05) is 7.05 Å². The fraction of sp³-hybridized carbons (Fsp3) is 0.238. The zero-order chi connectivity index (χ0) is 23.0. The minimum absolute atomic E-state index is 0.141. The molecule has 1 fully saturated rings. The first-order chi connectivity index (χ1) is 15.3. The van der Waals surface area contributed by atoms with Gasteiger partial charge in [-0.15, -0.1) is 5.10 Å². The molecular formula is C21H22Cl2N8O. The number of nitrogens with zero attached hydrogens (tertiary/aromatic N) is 4. The number of carbonyl (C=O) groups excluding carboxylic acids is 1. The van der Waals surface area contributed by atoms with Crippen LogP contribution in [0.25, 0.3) is 11.4 Å². The van der Waals surface area contributed by atoms with E-state index >= 15 is 0 Å². The van der Waals surface area contributed by atoms with E-state index in [-0.39, 0.29) is 11.9 Å². The quantitative estimate of drug-likeness (QED) is 0.322. The molecule has 1 aromatic heterocycles. The van der Waals surface area contributed by atoms with Crippen LogP contribution < -0.4 is 16.4 Å². The lowest BCUT2D eigenvalue weighted by Gasteiger charge is -2.36. The predicted octanol–water partition coefficient (Wildman–Crippen LogP) is 3.16. The van der Waals surface area contributed by atoms with Gasteiger partial charge < -0.3 is 26.7 Å². The third-order valence-corrected chi connectivity index (χ3v) is 5.96. The van der Waals surface area contributed by atoms with Gasteiger partial charge >= 0.3 is 0 Å². The molecule has 0 saturated carbocycles. The maximum absolute atomic E-state index is 12.5. The minimum atomic E-state index is -0.198. The average molecular weight is 473 g/mol. The number of amides is 1. The topological polar surface area (TPSA) is 125 Å². The molecule has 2 aromatic carbocycles. The molecule has 3 aromatic rings. The first-order valence-corrected chi connectivity index (χ1v) is 10.6. The highest BCUT2D eigenvalue weighted by atomic mass is 35.5. The minimum Gasteiger partial charge on any atom is -0.398 e. The number of anilines is 3. The molecule has 1 saturated heterocycles. The van der Waals surface area contributed by atoms with Crippen molar-refractivity contribution in [3.8, 4) is 11.4 Å². The number of benzene rings is 2. The third-order valence-electron chi connectivity index (χ3n) is 5.24. The zero-order valence-corrected chi connectivity index (χ0v) is 19.0. The van der Waals surface area contributed by atoms with Crippen LogP contribution in [0.5, 0.6) is 0 Å². The van der Waals surface area contributed by atoms with Gasteiger partial charge in [0.1, 0.15) is 0 Å². The van der Waals surface area contributed by atoms with Gasteiger partial charge in [0.05, 0.1) is 27.3 Å². The molecule has 0 atom stereocenters. The van der Waals surface area contributed by atoms with Crippen LogP contribution >= 0.6 is 23.2 Å². The lowest BCUT2D eigenvalue weighted by molar-refractivity contribution is 0.0858. The molecule has 1 aliphatic heterocycles. The number of hydrogen-bond donors (Lipinski definition) is 4. The molecule has 32 heavy (non-hydrogen) atoms. The number of carbonyl (C=O) groups is 1. The largest absolute Gasteiger partial charge is 0.398 e. The Morgan fingerprint density at radius 1 is 1.25 bits per heavy atom. The summed E-state index contributed by atoms with van der Waals surface area (Å²) < 4.78 is 1.56. The zero-order valence-electron chi connectivity index (χ0n) is 17.5. The van der Waals surface area contributed by atoms with Crippen LogP contribution in [-0.4, -0.2) is 58.0 Å². The van der Waals surface area contributed by atoms with Gasteiger partial charge in [-0.1, -0.05) is 29.3 Å². The Hall–Kier alpha value is -3.14. The second-order valence-electron chi connectivity index (χ2n) is 7.67. The van der Waals surface area contributed by atoms with Gasteiger partial charge in [0.25, 0.3) is 5.91 Å². The van der Waals surface area contributed by atoms with Crippen molar-refractivity contribution in [2.45, 2.75) is 6.04 Å². The van der Waals surface area contributed by atoms with Crippen molar-refractivity contribution in [2.24, 2.45) is 7.05 Å². The van der Waals surface area contributed by atoms with Gasteiger partial charge in [-0.25, -0.2) is 4.68 Å². The first kappa shape index (κ1) is 22.1. The van der Waals surface area contributed by atoms with Crippen LogP contribution in [-0.2, 0) is 7.05 Å². The highest BCUT2D eigenvalue weighted by Gasteiger charge is 2.26. The number of rotatable bonds is 6. The van der Waals surface area contributed by atoms with Gasteiger partial charge in [0.15, 0.2) is 5.82 Å². The number of likely N-dealkylation sites (N-methyl/N-ethyl adjacent to an activating group) is 1. The van der Waals surface area contributed by atoms with Crippen LogP contribution in [0.1, 0.15) is 15.9 Å². The second-order valence-corrected chi connectivity index (χ2v) is 8.45. The SMILES string of the molecule is CN1CC(NC(=O)c2ccc(-c3nc(Nc4ccc(N)c(C=N)c4Cl)n(C)n3)cc2Cl)C1. The molecule has 1 amide bonds. The van der Waals surface area contributed by atoms with Gasteiger partial charge in [0.2, 0.25) is 5.95 Å². The standard InChI is InChI=1S/C21H22Cl2N8O/c1-30-9-12(10-30)26-20(32)13-4-3-11(7-15(13)22)19-28-21(31(2)29-19)27-17-6-5-16(25)14(8-24)18(17)23/h3-8,12,24H,9-10,25H2,1-2H3,(H,26,32)(H,27,28,29). The maximum atomic E-state index is 12.5. The van der Waals surface area contributed by atoms with Crippen molar-refractivity contribution in [2.75, 3.05) is 31.2 Å². The first-order valence-electron chi connectivity index (χ1n) is 9.82. The molecule has 1 aliphatic rings. The molecular weight excluding hydrogens is 451 g/mol. The number of hydrogen-bond acceptors (Lipinski definition) is 7. The van der Waals surface area contributed by atoms with Crippen LogP contribution in [0.15, 0.2) is 30.3 Å². The summed E-state index contributed by atoms with van der Waals surface area (Å²) in [5.74, 6) is 0.675. The van der Waals surface area contributed by atoms with Crippen LogP contribution in [0.4, 0.5) is 17.3 Å². The number of aromatic nitrogens is 3. The summed E-state index contributed by atoms with van der Waals surface area (Å²) >= 11 is 12.8. The highest BCUT2D eigenvalue weighted by molar-refractivity contribution is 6.36. The lowest BCUT2D eigenvalue weighted by Crippen LogP contribution is -2.57. The van der Waals surface area contributed by atoms with Crippen molar-refractivity contribution in [3.05, 3.63) is 51.5 Å². The Morgan fingerprint density at radius 3 is 2.66 bits per heavy atom. The average Bonchev–Trinajstić information content (AvgIpc) is 3.09. The number of nitrogens with one attached hydrogen (secondary N) is 3. The summed E-state index contributed by atoms with van der Waals surface area (Å²) in [5.41, 5.74) is 8.32. The number of nitrogen functional groups attached to an aromatic ring is 1. The van der Waals surface area contributed by atoms with E-state index in [4.69, 9.17) is 34.3 Å². The fourth-order valence-corrected chi connectivity index (χ4v) is 4.02. The van der Waals surface area contributed by atoms with Crippen molar-refractivity contribution < 1.29 is 4.79 Å². The number of nitrogens with two attached hydrogens (primary N) is 1. The number of halogens is 2. The molecule has 0 radical (unpaired) electrons. The lowest BCUT2D eigenvalue weighted by atomic mass is 10.1. The molecule has 0 unspecified atom stereocenters. The Morgan fingerprint density at radius 2 is 2.00 bits per heavy atom. The van der Waals surface area contributed by atoms with Crippen molar-refractivity contribution in [1.29, 1.82) is 5.41 Å². The Kier molecular flexibility index (Phi) is 6.05.